The van der Waals surface area contributed by atoms with Crippen molar-refractivity contribution in [3.8, 4) is 0 Å². The molecule has 0 spiro atoms. The number of hydrogen-bond acceptors (Lipinski definition) is 5. The van der Waals surface area contributed by atoms with Crippen molar-refractivity contribution >= 4 is 20.2 Å². The predicted molar refractivity (Wildman–Crippen MR) is 62.3 cm³/mol. The van der Waals surface area contributed by atoms with Crippen molar-refractivity contribution in [2.75, 3.05) is 12.0 Å². The summed E-state index contributed by atoms with van der Waals surface area (Å²) in [4.78, 5) is 0. The lowest BCUT2D eigenvalue weighted by molar-refractivity contribution is 0.251. The predicted octanol–water partition coefficient (Wildman–Crippen LogP) is 0.901. The molecule has 0 aliphatic carbocycles. The lowest BCUT2D eigenvalue weighted by Crippen LogP contribution is -2.09. The van der Waals surface area contributed by atoms with Crippen LogP contribution in [0.4, 0.5) is 0 Å². The van der Waals surface area contributed by atoms with E-state index in [1.54, 1.807) is 27.7 Å². The normalized spacial score (nSPS) is 12.5. The smallest absolute Gasteiger partial charge is 0.265 e. The van der Waals surface area contributed by atoms with Crippen molar-refractivity contribution < 1.29 is 25.6 Å². The van der Waals surface area contributed by atoms with Crippen LogP contribution in [0.3, 0.4) is 0 Å². The fourth-order valence-corrected chi connectivity index (χ4v) is 2.31. The minimum absolute atomic E-state index is 0.00463. The third-order valence-corrected chi connectivity index (χ3v) is 2.73. The van der Waals surface area contributed by atoms with Gasteiger partial charge in [0.25, 0.3) is 20.2 Å². The van der Waals surface area contributed by atoms with Crippen LogP contribution in [-0.4, -0.2) is 39.5 Å². The molecule has 0 rings (SSSR count). The van der Waals surface area contributed by atoms with E-state index in [1.165, 1.54) is 0 Å². The summed E-state index contributed by atoms with van der Waals surface area (Å²) in [6.45, 7) is 6.80. The van der Waals surface area contributed by atoms with Gasteiger partial charge in [0.15, 0.2) is 0 Å². The Labute approximate surface area is 97.9 Å². The Morgan fingerprint density at radius 1 is 1.06 bits per heavy atom. The van der Waals surface area contributed by atoms with E-state index >= 15 is 0 Å². The minimum Gasteiger partial charge on any atom is -0.286 e. The van der Waals surface area contributed by atoms with Gasteiger partial charge in [-0.1, -0.05) is 13.8 Å². The first-order valence-corrected chi connectivity index (χ1v) is 8.09. The molecule has 0 aliphatic rings. The molecule has 0 aromatic carbocycles. The van der Waals surface area contributed by atoms with Gasteiger partial charge in [0.1, 0.15) is 0 Å². The van der Waals surface area contributed by atoms with E-state index in [-0.39, 0.29) is 17.8 Å². The largest absolute Gasteiger partial charge is 0.286 e. The quantitative estimate of drug-likeness (QED) is 0.605. The summed E-state index contributed by atoms with van der Waals surface area (Å²) < 4.78 is 53.0. The second-order valence-electron chi connectivity index (χ2n) is 3.99. The molecule has 0 saturated heterocycles. The zero-order valence-electron chi connectivity index (χ0n) is 10.2. The van der Waals surface area contributed by atoms with Gasteiger partial charge in [0.2, 0.25) is 0 Å². The van der Waals surface area contributed by atoms with E-state index in [0.29, 0.717) is 0 Å². The van der Waals surface area contributed by atoms with E-state index < -0.39 is 20.2 Å². The summed E-state index contributed by atoms with van der Waals surface area (Å²) in [7, 11) is -6.95. The summed E-state index contributed by atoms with van der Waals surface area (Å²) in [6.07, 6.45) is 0.789. The average Bonchev–Trinajstić information content (AvgIpc) is 1.72. The standard InChI is InChI=1S/2C4H10O3S/c1-4(2)7-8(3,5)6;1-4(2)3-8(5,6)7/h4H,1-3H3;4H,3H2,1-2H3,(H,5,6,7). The van der Waals surface area contributed by atoms with Gasteiger partial charge in [-0.05, 0) is 19.8 Å². The first-order valence-electron chi connectivity index (χ1n) is 4.67. The molecule has 100 valence electrons. The molecule has 8 heteroatoms. The van der Waals surface area contributed by atoms with E-state index in [0.717, 1.165) is 6.26 Å². The van der Waals surface area contributed by atoms with Crippen LogP contribution in [0.1, 0.15) is 27.7 Å². The Balaban J connectivity index is 0. The van der Waals surface area contributed by atoms with Crippen molar-refractivity contribution in [1.82, 2.24) is 0 Å². The molecule has 16 heavy (non-hydrogen) atoms. The highest BCUT2D eigenvalue weighted by atomic mass is 32.2. The minimum atomic E-state index is -3.72. The first kappa shape index (κ1) is 18.2. The Bertz CT molecular complexity index is 327. The molecular formula is C8H20O6S2. The lowest BCUT2D eigenvalue weighted by Gasteiger charge is -2.01. The van der Waals surface area contributed by atoms with E-state index in [4.69, 9.17) is 4.55 Å². The highest BCUT2D eigenvalue weighted by Gasteiger charge is 2.06. The molecule has 6 nitrogen and oxygen atoms in total. The van der Waals surface area contributed by atoms with Crippen LogP contribution in [0.5, 0.6) is 0 Å². The summed E-state index contributed by atoms with van der Waals surface area (Å²) in [6, 6.07) is 0. The van der Waals surface area contributed by atoms with Crippen LogP contribution in [0.2, 0.25) is 0 Å². The molecule has 0 fully saturated rings. The Morgan fingerprint density at radius 3 is 1.44 bits per heavy atom. The highest BCUT2D eigenvalue weighted by Crippen LogP contribution is 1.95. The van der Waals surface area contributed by atoms with Crippen LogP contribution in [-0.2, 0) is 24.4 Å². The average molecular weight is 276 g/mol. The van der Waals surface area contributed by atoms with Crippen molar-refractivity contribution in [1.29, 1.82) is 0 Å². The van der Waals surface area contributed by atoms with Crippen molar-refractivity contribution in [3.05, 3.63) is 0 Å². The summed E-state index contributed by atoms with van der Waals surface area (Å²) in [5, 5.41) is 0. The monoisotopic (exact) mass is 276 g/mol. The summed E-state index contributed by atoms with van der Waals surface area (Å²) in [5.41, 5.74) is 0. The zero-order valence-corrected chi connectivity index (χ0v) is 11.8. The van der Waals surface area contributed by atoms with E-state index in [2.05, 4.69) is 4.18 Å². The molecule has 0 saturated carbocycles. The molecule has 0 aliphatic heterocycles. The van der Waals surface area contributed by atoms with Crippen LogP contribution in [0.15, 0.2) is 0 Å². The number of rotatable bonds is 4. The SMILES string of the molecule is CC(C)CS(=O)(=O)O.CC(C)OS(C)(=O)=O. The molecule has 0 atom stereocenters. The van der Waals surface area contributed by atoms with Gasteiger partial charge in [-0.25, -0.2) is 0 Å². The Morgan fingerprint density at radius 2 is 1.44 bits per heavy atom. The maximum absolute atomic E-state index is 10.2. The van der Waals surface area contributed by atoms with Gasteiger partial charge in [-0.3, -0.25) is 8.74 Å². The molecule has 1 N–H and O–H groups in total. The van der Waals surface area contributed by atoms with Gasteiger partial charge >= 0.3 is 0 Å². The molecule has 0 amide bonds. The first-order chi connectivity index (χ1) is 6.83. The second-order valence-corrected chi connectivity index (χ2v) is 7.09. The molecular weight excluding hydrogens is 256 g/mol. The van der Waals surface area contributed by atoms with Gasteiger partial charge in [0, 0.05) is 0 Å². The van der Waals surface area contributed by atoms with Gasteiger partial charge < -0.3 is 0 Å². The summed E-state index contributed by atoms with van der Waals surface area (Å²) >= 11 is 0. The zero-order chi connectivity index (χ0) is 13.6. The number of hydrogen-bond donors (Lipinski definition) is 1. The second kappa shape index (κ2) is 7.21. The maximum Gasteiger partial charge on any atom is 0.265 e. The molecule has 0 heterocycles. The molecule has 0 aromatic heterocycles. The van der Waals surface area contributed by atoms with Crippen LogP contribution < -0.4 is 0 Å². The van der Waals surface area contributed by atoms with Crippen LogP contribution in [0.25, 0.3) is 0 Å². The third-order valence-electron chi connectivity index (χ3n) is 0.911. The van der Waals surface area contributed by atoms with Crippen molar-refractivity contribution in [3.63, 3.8) is 0 Å². The van der Waals surface area contributed by atoms with Gasteiger partial charge in [-0.2, -0.15) is 16.8 Å². The fraction of sp³-hybridized carbons (Fsp3) is 1.00. The fourth-order valence-electron chi connectivity index (χ4n) is 0.771. The third kappa shape index (κ3) is 23.6. The Kier molecular flexibility index (Phi) is 8.19. The Hall–Kier alpha value is -0.180. The molecule has 0 unspecified atom stereocenters. The van der Waals surface area contributed by atoms with Crippen molar-refractivity contribution in [2.24, 2.45) is 5.92 Å². The van der Waals surface area contributed by atoms with Gasteiger partial charge in [0.05, 0.1) is 18.1 Å². The maximum atomic E-state index is 10.2. The van der Waals surface area contributed by atoms with Gasteiger partial charge in [-0.15, -0.1) is 0 Å². The summed E-state index contributed by atoms with van der Waals surface area (Å²) in [5.74, 6) is -0.141. The molecule has 0 bridgehead atoms. The highest BCUT2D eigenvalue weighted by molar-refractivity contribution is 7.86. The van der Waals surface area contributed by atoms with E-state index in [1.807, 2.05) is 0 Å². The lowest BCUT2D eigenvalue weighted by atomic mass is 10.3. The van der Waals surface area contributed by atoms with E-state index in [9.17, 15) is 16.8 Å². The van der Waals surface area contributed by atoms with Crippen LogP contribution in [0, 0.1) is 5.92 Å². The van der Waals surface area contributed by atoms with Crippen molar-refractivity contribution in [2.45, 2.75) is 33.8 Å². The molecule has 0 aromatic rings. The van der Waals surface area contributed by atoms with Crippen LogP contribution >= 0.6 is 0 Å². The molecule has 0 radical (unpaired) electrons. The topological polar surface area (TPSA) is 97.7 Å².